The summed E-state index contributed by atoms with van der Waals surface area (Å²) in [4.78, 5) is 7.03. The topological polar surface area (TPSA) is 33.1 Å². The Kier molecular flexibility index (Phi) is 4.41. The Morgan fingerprint density at radius 1 is 1.30 bits per heavy atom. The lowest BCUT2D eigenvalue weighted by molar-refractivity contribution is 0.132. The lowest BCUT2D eigenvalue weighted by Crippen LogP contribution is -2.46. The van der Waals surface area contributed by atoms with Crippen molar-refractivity contribution in [3.8, 4) is 0 Å². The predicted octanol–water partition coefficient (Wildman–Crippen LogP) is 2.57. The fraction of sp³-hybridized carbons (Fsp3) is 0.812. The summed E-state index contributed by atoms with van der Waals surface area (Å²) in [7, 11) is 0. The monoisotopic (exact) mass is 276 g/mol. The lowest BCUT2D eigenvalue weighted by atomic mass is 10.0. The van der Waals surface area contributed by atoms with Crippen LogP contribution >= 0.6 is 0 Å². The maximum atomic E-state index is 4.37. The van der Waals surface area contributed by atoms with E-state index in [2.05, 4.69) is 39.8 Å². The van der Waals surface area contributed by atoms with Gasteiger partial charge in [-0.2, -0.15) is 0 Å². The lowest BCUT2D eigenvalue weighted by Gasteiger charge is -2.36. The summed E-state index contributed by atoms with van der Waals surface area (Å²) >= 11 is 0. The van der Waals surface area contributed by atoms with Crippen molar-refractivity contribution >= 4 is 0 Å². The zero-order chi connectivity index (χ0) is 13.9. The first kappa shape index (κ1) is 14.1. The van der Waals surface area contributed by atoms with Crippen molar-refractivity contribution in [1.29, 1.82) is 0 Å². The molecule has 0 spiro atoms. The van der Waals surface area contributed by atoms with Crippen LogP contribution in [0.25, 0.3) is 0 Å². The molecule has 2 fully saturated rings. The van der Waals surface area contributed by atoms with Crippen molar-refractivity contribution in [3.63, 3.8) is 0 Å². The number of hydrogen-bond donors (Lipinski definition) is 1. The molecule has 1 atom stereocenters. The van der Waals surface area contributed by atoms with E-state index in [4.69, 9.17) is 0 Å². The van der Waals surface area contributed by atoms with Crippen molar-refractivity contribution < 1.29 is 0 Å². The molecule has 1 saturated carbocycles. The molecule has 1 unspecified atom stereocenters. The van der Waals surface area contributed by atoms with Crippen LogP contribution in [0.2, 0.25) is 0 Å². The van der Waals surface area contributed by atoms with Gasteiger partial charge in [0.1, 0.15) is 0 Å². The fourth-order valence-electron chi connectivity index (χ4n) is 3.22. The summed E-state index contributed by atoms with van der Waals surface area (Å²) in [5.74, 6) is 0. The Morgan fingerprint density at radius 3 is 2.90 bits per heavy atom. The van der Waals surface area contributed by atoms with Crippen LogP contribution in [-0.4, -0.2) is 39.6 Å². The van der Waals surface area contributed by atoms with Crippen LogP contribution in [0.4, 0.5) is 0 Å². The molecular formula is C16H28N4. The van der Waals surface area contributed by atoms with Crippen LogP contribution in [0.3, 0.4) is 0 Å². The first-order valence-electron chi connectivity index (χ1n) is 8.22. The van der Waals surface area contributed by atoms with Crippen LogP contribution in [0.1, 0.15) is 57.7 Å². The first-order chi connectivity index (χ1) is 9.74. The summed E-state index contributed by atoms with van der Waals surface area (Å²) in [6, 6.07) is 2.01. The molecule has 0 amide bonds. The van der Waals surface area contributed by atoms with Crippen molar-refractivity contribution in [2.45, 2.75) is 70.6 Å². The van der Waals surface area contributed by atoms with Crippen LogP contribution in [0.15, 0.2) is 12.5 Å². The maximum Gasteiger partial charge on any atom is 0.0951 e. The van der Waals surface area contributed by atoms with Gasteiger partial charge in [0.15, 0.2) is 0 Å². The van der Waals surface area contributed by atoms with E-state index in [0.717, 1.165) is 19.1 Å². The van der Waals surface area contributed by atoms with Gasteiger partial charge in [-0.25, -0.2) is 4.98 Å². The summed E-state index contributed by atoms with van der Waals surface area (Å²) in [5, 5.41) is 3.61. The molecule has 112 valence electrons. The second kappa shape index (κ2) is 6.27. The van der Waals surface area contributed by atoms with Crippen molar-refractivity contribution in [2.24, 2.45) is 0 Å². The van der Waals surface area contributed by atoms with E-state index in [9.17, 15) is 0 Å². The minimum Gasteiger partial charge on any atom is -0.330 e. The molecule has 0 aromatic carbocycles. The number of nitrogens with zero attached hydrogens (tertiary/aromatic N) is 3. The van der Waals surface area contributed by atoms with Gasteiger partial charge in [0, 0.05) is 37.4 Å². The molecule has 1 aromatic rings. The van der Waals surface area contributed by atoms with Crippen molar-refractivity contribution in [3.05, 3.63) is 18.2 Å². The standard InChI is InChI=1S/C16H28N4/c1-13(2)18-10-15-5-3-4-8-19(15)11-16-9-17-12-20(16)14-6-7-14/h9,12-15,18H,3-8,10-11H2,1-2H3. The summed E-state index contributed by atoms with van der Waals surface area (Å²) in [6.07, 6.45) is 10.8. The van der Waals surface area contributed by atoms with Crippen LogP contribution in [0, 0.1) is 0 Å². The van der Waals surface area contributed by atoms with Gasteiger partial charge in [-0.3, -0.25) is 4.90 Å². The summed E-state index contributed by atoms with van der Waals surface area (Å²) < 4.78 is 2.40. The molecule has 1 saturated heterocycles. The fourth-order valence-corrected chi connectivity index (χ4v) is 3.22. The smallest absolute Gasteiger partial charge is 0.0951 e. The van der Waals surface area contributed by atoms with Crippen molar-refractivity contribution in [2.75, 3.05) is 13.1 Å². The molecule has 2 heterocycles. The number of aromatic nitrogens is 2. The van der Waals surface area contributed by atoms with Gasteiger partial charge in [0.2, 0.25) is 0 Å². The average molecular weight is 276 g/mol. The number of piperidine rings is 1. The second-order valence-corrected chi connectivity index (χ2v) is 6.71. The molecule has 1 aromatic heterocycles. The zero-order valence-corrected chi connectivity index (χ0v) is 12.9. The molecule has 2 aliphatic rings. The molecule has 1 aliphatic carbocycles. The minimum atomic E-state index is 0.579. The Balaban J connectivity index is 1.62. The third-order valence-electron chi connectivity index (χ3n) is 4.56. The summed E-state index contributed by atoms with van der Waals surface area (Å²) in [6.45, 7) is 7.89. The second-order valence-electron chi connectivity index (χ2n) is 6.71. The predicted molar refractivity (Wildman–Crippen MR) is 81.7 cm³/mol. The van der Waals surface area contributed by atoms with Crippen LogP contribution in [0.5, 0.6) is 0 Å². The van der Waals surface area contributed by atoms with Gasteiger partial charge in [0.25, 0.3) is 0 Å². The number of imidazole rings is 1. The molecule has 0 bridgehead atoms. The van der Waals surface area contributed by atoms with E-state index >= 15 is 0 Å². The highest BCUT2D eigenvalue weighted by atomic mass is 15.2. The summed E-state index contributed by atoms with van der Waals surface area (Å²) in [5.41, 5.74) is 1.41. The SMILES string of the molecule is CC(C)NCC1CCCCN1Cc1cncn1C1CC1. The van der Waals surface area contributed by atoms with Crippen LogP contribution < -0.4 is 5.32 Å². The molecule has 1 aliphatic heterocycles. The Hall–Kier alpha value is -0.870. The van der Waals surface area contributed by atoms with Crippen molar-refractivity contribution in [1.82, 2.24) is 19.8 Å². The van der Waals surface area contributed by atoms with E-state index in [1.807, 2.05) is 6.33 Å². The molecule has 4 heteroatoms. The molecule has 3 rings (SSSR count). The third-order valence-corrected chi connectivity index (χ3v) is 4.56. The maximum absolute atomic E-state index is 4.37. The Labute approximate surface area is 122 Å². The van der Waals surface area contributed by atoms with Gasteiger partial charge in [-0.05, 0) is 32.2 Å². The highest BCUT2D eigenvalue weighted by molar-refractivity contribution is 5.04. The quantitative estimate of drug-likeness (QED) is 0.867. The molecule has 0 radical (unpaired) electrons. The van der Waals surface area contributed by atoms with E-state index in [0.29, 0.717) is 12.1 Å². The van der Waals surface area contributed by atoms with E-state index < -0.39 is 0 Å². The highest BCUT2D eigenvalue weighted by Gasteiger charge is 2.28. The largest absolute Gasteiger partial charge is 0.330 e. The van der Waals surface area contributed by atoms with E-state index in [1.54, 1.807) is 0 Å². The van der Waals surface area contributed by atoms with Gasteiger partial charge in [0.05, 0.1) is 12.0 Å². The van der Waals surface area contributed by atoms with Crippen LogP contribution in [-0.2, 0) is 6.54 Å². The normalized spacial score (nSPS) is 24.4. The third kappa shape index (κ3) is 3.41. The Bertz CT molecular complexity index is 422. The Morgan fingerprint density at radius 2 is 2.15 bits per heavy atom. The molecule has 1 N–H and O–H groups in total. The highest BCUT2D eigenvalue weighted by Crippen LogP contribution is 2.36. The van der Waals surface area contributed by atoms with E-state index in [1.165, 1.54) is 44.3 Å². The van der Waals surface area contributed by atoms with Gasteiger partial charge in [-0.15, -0.1) is 0 Å². The van der Waals surface area contributed by atoms with E-state index in [-0.39, 0.29) is 0 Å². The minimum absolute atomic E-state index is 0.579. The molecule has 20 heavy (non-hydrogen) atoms. The van der Waals surface area contributed by atoms with Gasteiger partial charge in [-0.1, -0.05) is 20.3 Å². The van der Waals surface area contributed by atoms with Gasteiger partial charge >= 0.3 is 0 Å². The molecular weight excluding hydrogens is 248 g/mol. The number of likely N-dealkylation sites (tertiary alicyclic amines) is 1. The average Bonchev–Trinajstić information content (AvgIpc) is 3.18. The zero-order valence-electron chi connectivity index (χ0n) is 12.9. The number of nitrogens with one attached hydrogen (secondary N) is 1. The number of hydrogen-bond acceptors (Lipinski definition) is 3. The first-order valence-corrected chi connectivity index (χ1v) is 8.22. The van der Waals surface area contributed by atoms with Gasteiger partial charge < -0.3 is 9.88 Å². The molecule has 4 nitrogen and oxygen atoms in total. The number of rotatable bonds is 6.